The summed E-state index contributed by atoms with van der Waals surface area (Å²) in [5.41, 5.74) is 2.28. The molecule has 0 unspecified atom stereocenters. The second kappa shape index (κ2) is 7.95. The van der Waals surface area contributed by atoms with Gasteiger partial charge in [-0.25, -0.2) is 0 Å². The van der Waals surface area contributed by atoms with Gasteiger partial charge in [0.25, 0.3) is 5.91 Å². The smallest absolute Gasteiger partial charge is 0.274 e. The molecule has 0 bridgehead atoms. The Hall–Kier alpha value is -2.87. The number of carbonyl (C=O) groups is 1. The van der Waals surface area contributed by atoms with Crippen LogP contribution >= 0.6 is 0 Å². The van der Waals surface area contributed by atoms with Crippen LogP contribution in [0, 0.1) is 17.2 Å². The van der Waals surface area contributed by atoms with Crippen molar-refractivity contribution in [3.8, 4) is 6.07 Å². The fourth-order valence-electron chi connectivity index (χ4n) is 2.03. The molecule has 0 aliphatic heterocycles. The Balaban J connectivity index is 2.03. The molecule has 118 valence electrons. The summed E-state index contributed by atoms with van der Waals surface area (Å²) in [5, 5.41) is 14.9. The Morgan fingerprint density at radius 2 is 2.09 bits per heavy atom. The van der Waals surface area contributed by atoms with E-state index >= 15 is 0 Å². The van der Waals surface area contributed by atoms with Crippen LogP contribution < -0.4 is 10.6 Å². The number of amides is 1. The monoisotopic (exact) mass is 308 g/mol. The van der Waals surface area contributed by atoms with Gasteiger partial charge in [-0.15, -0.1) is 0 Å². The second-order valence-corrected chi connectivity index (χ2v) is 5.69. The Bertz CT molecular complexity index is 719. The maximum atomic E-state index is 12.3. The Labute approximate surface area is 136 Å². The van der Waals surface area contributed by atoms with Crippen molar-refractivity contribution in [1.29, 1.82) is 5.26 Å². The molecule has 2 N–H and O–H groups in total. The standard InChI is InChI=1S/C18H20N4O/c1-13(2)6-8-20-15-7-9-21-17(11-15)18(23)22-16-5-3-4-14(10-16)12-19/h3-5,7,9-11,13H,6,8H2,1-2H3,(H,20,21)(H,22,23). The third-order valence-electron chi connectivity index (χ3n) is 3.29. The predicted octanol–water partition coefficient (Wildman–Crippen LogP) is 3.66. The number of benzene rings is 1. The fraction of sp³-hybridized carbons (Fsp3) is 0.278. The molecule has 1 heterocycles. The second-order valence-electron chi connectivity index (χ2n) is 5.69. The number of anilines is 2. The highest BCUT2D eigenvalue weighted by Crippen LogP contribution is 2.13. The van der Waals surface area contributed by atoms with Gasteiger partial charge in [-0.05, 0) is 42.7 Å². The molecule has 0 spiro atoms. The molecule has 5 nitrogen and oxygen atoms in total. The van der Waals surface area contributed by atoms with Crippen LogP contribution in [0.15, 0.2) is 42.6 Å². The summed E-state index contributed by atoms with van der Waals surface area (Å²) in [6.07, 6.45) is 2.67. The molecule has 1 aromatic heterocycles. The van der Waals surface area contributed by atoms with Crippen molar-refractivity contribution in [2.24, 2.45) is 5.92 Å². The van der Waals surface area contributed by atoms with Gasteiger partial charge in [0, 0.05) is 24.1 Å². The number of nitrogens with zero attached hydrogens (tertiary/aromatic N) is 2. The topological polar surface area (TPSA) is 77.8 Å². The Morgan fingerprint density at radius 3 is 2.83 bits per heavy atom. The summed E-state index contributed by atoms with van der Waals surface area (Å²) in [4.78, 5) is 16.4. The van der Waals surface area contributed by atoms with E-state index in [0.717, 1.165) is 18.7 Å². The minimum Gasteiger partial charge on any atom is -0.385 e. The van der Waals surface area contributed by atoms with Crippen LogP contribution in [0.4, 0.5) is 11.4 Å². The third-order valence-corrected chi connectivity index (χ3v) is 3.29. The largest absolute Gasteiger partial charge is 0.385 e. The van der Waals surface area contributed by atoms with Gasteiger partial charge in [0.15, 0.2) is 0 Å². The maximum absolute atomic E-state index is 12.3. The molecule has 1 aromatic carbocycles. The molecule has 0 fully saturated rings. The van der Waals surface area contributed by atoms with Gasteiger partial charge in [-0.3, -0.25) is 9.78 Å². The van der Waals surface area contributed by atoms with E-state index in [1.165, 1.54) is 0 Å². The van der Waals surface area contributed by atoms with Crippen LogP contribution in [0.25, 0.3) is 0 Å². The number of hydrogen-bond acceptors (Lipinski definition) is 4. The van der Waals surface area contributed by atoms with Gasteiger partial charge < -0.3 is 10.6 Å². The SMILES string of the molecule is CC(C)CCNc1ccnc(C(=O)Nc2cccc(C#N)c2)c1. The first-order chi connectivity index (χ1) is 11.1. The number of rotatable bonds is 6. The predicted molar refractivity (Wildman–Crippen MR) is 91.3 cm³/mol. The van der Waals surface area contributed by atoms with Gasteiger partial charge in [-0.1, -0.05) is 19.9 Å². The highest BCUT2D eigenvalue weighted by atomic mass is 16.1. The lowest BCUT2D eigenvalue weighted by atomic mass is 10.1. The molecule has 0 saturated carbocycles. The van der Waals surface area contributed by atoms with Crippen LogP contribution in [0.1, 0.15) is 36.3 Å². The number of pyridine rings is 1. The minimum atomic E-state index is -0.299. The first-order valence-electron chi connectivity index (χ1n) is 7.60. The number of nitrogens with one attached hydrogen (secondary N) is 2. The molecular weight excluding hydrogens is 288 g/mol. The van der Waals surface area contributed by atoms with E-state index in [9.17, 15) is 4.79 Å². The van der Waals surface area contributed by atoms with Crippen LogP contribution in [0.2, 0.25) is 0 Å². The lowest BCUT2D eigenvalue weighted by Gasteiger charge is -2.10. The van der Waals surface area contributed by atoms with E-state index in [1.54, 1.807) is 36.5 Å². The van der Waals surface area contributed by atoms with Crippen molar-refractivity contribution in [3.63, 3.8) is 0 Å². The molecule has 0 aliphatic rings. The first kappa shape index (κ1) is 16.5. The van der Waals surface area contributed by atoms with E-state index < -0.39 is 0 Å². The van der Waals surface area contributed by atoms with Crippen LogP contribution in [-0.2, 0) is 0 Å². The van der Waals surface area contributed by atoms with Crippen molar-refractivity contribution in [1.82, 2.24) is 4.98 Å². The summed E-state index contributed by atoms with van der Waals surface area (Å²) in [7, 11) is 0. The summed E-state index contributed by atoms with van der Waals surface area (Å²) >= 11 is 0. The van der Waals surface area contributed by atoms with E-state index in [4.69, 9.17) is 5.26 Å². The minimum absolute atomic E-state index is 0.299. The van der Waals surface area contributed by atoms with Crippen LogP contribution in [-0.4, -0.2) is 17.4 Å². The molecule has 0 atom stereocenters. The third kappa shape index (κ3) is 5.11. The number of hydrogen-bond donors (Lipinski definition) is 2. The first-order valence-corrected chi connectivity index (χ1v) is 7.60. The van der Waals surface area contributed by atoms with Crippen molar-refractivity contribution in [3.05, 3.63) is 53.9 Å². The molecule has 0 radical (unpaired) electrons. The quantitative estimate of drug-likeness (QED) is 0.853. The van der Waals surface area contributed by atoms with Crippen LogP contribution in [0.3, 0.4) is 0 Å². The summed E-state index contributed by atoms with van der Waals surface area (Å²) in [6.45, 7) is 5.19. The lowest BCUT2D eigenvalue weighted by Crippen LogP contribution is -2.14. The van der Waals surface area contributed by atoms with Gasteiger partial charge in [0.05, 0.1) is 11.6 Å². The van der Waals surface area contributed by atoms with Gasteiger partial charge in [0.2, 0.25) is 0 Å². The van der Waals surface area contributed by atoms with Gasteiger partial charge in [-0.2, -0.15) is 5.26 Å². The molecular formula is C18H20N4O. The van der Waals surface area contributed by atoms with E-state index in [2.05, 4.69) is 29.5 Å². The molecule has 5 heteroatoms. The average Bonchev–Trinajstić information content (AvgIpc) is 2.55. The zero-order valence-electron chi connectivity index (χ0n) is 13.3. The average molecular weight is 308 g/mol. The van der Waals surface area contributed by atoms with Crippen LogP contribution in [0.5, 0.6) is 0 Å². The molecule has 0 aliphatic carbocycles. The summed E-state index contributed by atoms with van der Waals surface area (Å²) < 4.78 is 0. The highest BCUT2D eigenvalue weighted by molar-refractivity contribution is 6.03. The Kier molecular flexibility index (Phi) is 5.70. The molecule has 1 amide bonds. The van der Waals surface area contributed by atoms with E-state index in [0.29, 0.717) is 22.9 Å². The molecule has 23 heavy (non-hydrogen) atoms. The zero-order chi connectivity index (χ0) is 16.7. The fourth-order valence-corrected chi connectivity index (χ4v) is 2.03. The van der Waals surface area contributed by atoms with Crippen molar-refractivity contribution in [2.45, 2.75) is 20.3 Å². The summed E-state index contributed by atoms with van der Waals surface area (Å²) in [6, 6.07) is 12.4. The van der Waals surface area contributed by atoms with E-state index in [-0.39, 0.29) is 5.91 Å². The number of nitriles is 1. The number of carbonyl (C=O) groups excluding carboxylic acids is 1. The van der Waals surface area contributed by atoms with Gasteiger partial charge in [0.1, 0.15) is 5.69 Å². The molecule has 0 saturated heterocycles. The normalized spacial score (nSPS) is 10.2. The maximum Gasteiger partial charge on any atom is 0.274 e. The van der Waals surface area contributed by atoms with Crippen molar-refractivity contribution < 1.29 is 4.79 Å². The summed E-state index contributed by atoms with van der Waals surface area (Å²) in [5.74, 6) is 0.326. The Morgan fingerprint density at radius 1 is 1.26 bits per heavy atom. The zero-order valence-corrected chi connectivity index (χ0v) is 13.3. The molecule has 2 aromatic rings. The van der Waals surface area contributed by atoms with Gasteiger partial charge >= 0.3 is 0 Å². The van der Waals surface area contributed by atoms with E-state index in [1.807, 2.05) is 12.1 Å². The lowest BCUT2D eigenvalue weighted by molar-refractivity contribution is 0.102. The van der Waals surface area contributed by atoms with Crippen molar-refractivity contribution >= 4 is 17.3 Å². The highest BCUT2D eigenvalue weighted by Gasteiger charge is 2.09. The number of aromatic nitrogens is 1. The van der Waals surface area contributed by atoms with Crippen molar-refractivity contribution in [2.75, 3.05) is 17.2 Å². The molecule has 2 rings (SSSR count).